The monoisotopic (exact) mass is 284 g/mol. The zero-order valence-electron chi connectivity index (χ0n) is 13.4. The number of nitrogens with zero attached hydrogens (tertiary/aromatic N) is 1. The van der Waals surface area contributed by atoms with Crippen LogP contribution in [0.4, 0.5) is 5.13 Å². The molecule has 1 aromatic heterocycles. The van der Waals surface area contributed by atoms with Gasteiger partial charge in [-0.05, 0) is 24.7 Å². The van der Waals surface area contributed by atoms with Crippen molar-refractivity contribution in [1.82, 2.24) is 4.98 Å². The van der Waals surface area contributed by atoms with Crippen molar-refractivity contribution in [3.05, 3.63) is 10.6 Å². The van der Waals surface area contributed by atoms with Gasteiger partial charge in [0.2, 0.25) is 5.91 Å². The molecule has 19 heavy (non-hydrogen) atoms. The molecule has 1 N–H and O–H groups in total. The van der Waals surface area contributed by atoms with E-state index in [0.29, 0.717) is 5.41 Å². The maximum Gasteiger partial charge on any atom is 0.223 e. The van der Waals surface area contributed by atoms with Crippen LogP contribution in [0.15, 0.2) is 0 Å². The van der Waals surface area contributed by atoms with E-state index in [1.165, 1.54) is 23.9 Å². The van der Waals surface area contributed by atoms with Crippen LogP contribution in [0.2, 0.25) is 0 Å². The molecule has 0 fully saturated rings. The average Bonchev–Trinajstić information content (AvgIpc) is 2.73. The third-order valence-corrected chi connectivity index (χ3v) is 3.75. The lowest BCUT2D eigenvalue weighted by atomic mass is 9.79. The fourth-order valence-corrected chi connectivity index (χ4v) is 3.21. The molecule has 2 rings (SSSR count). The van der Waals surface area contributed by atoms with E-state index in [9.17, 15) is 4.79 Å². The van der Waals surface area contributed by atoms with Crippen molar-refractivity contribution in [1.29, 1.82) is 0 Å². The minimum Gasteiger partial charge on any atom is -0.302 e. The Hall–Kier alpha value is -0.900. The van der Waals surface area contributed by atoms with Crippen molar-refractivity contribution in [2.45, 2.75) is 67.7 Å². The van der Waals surface area contributed by atoms with Crippen LogP contribution in [-0.4, -0.2) is 10.9 Å². The summed E-state index contributed by atoms with van der Waals surface area (Å²) >= 11 is 1.62. The van der Waals surface area contributed by atoms with E-state index in [4.69, 9.17) is 0 Å². The number of hydrogen-bond acceptors (Lipinski definition) is 3. The summed E-state index contributed by atoms with van der Waals surface area (Å²) in [6.07, 6.45) is 3.31. The molecule has 0 saturated heterocycles. The fourth-order valence-electron chi connectivity index (χ4n) is 1.90. The van der Waals surface area contributed by atoms with Crippen LogP contribution in [0.1, 0.15) is 65.5 Å². The quantitative estimate of drug-likeness (QED) is 0.814. The Kier molecular flexibility index (Phi) is 7.91. The summed E-state index contributed by atoms with van der Waals surface area (Å²) in [5.74, 6) is -0.0413. The largest absolute Gasteiger partial charge is 0.302 e. The van der Waals surface area contributed by atoms with Crippen LogP contribution in [-0.2, 0) is 17.6 Å². The molecule has 0 atom stereocenters. The molecule has 1 heterocycles. The third-order valence-electron chi connectivity index (χ3n) is 2.74. The first kappa shape index (κ1) is 18.1. The zero-order valence-corrected chi connectivity index (χ0v) is 14.2. The first-order chi connectivity index (χ1) is 8.96. The molecular formula is C15H28N2OS. The molecule has 1 amide bonds. The molecule has 0 aliphatic heterocycles. The summed E-state index contributed by atoms with van der Waals surface area (Å²) in [5, 5.41) is 3.51. The van der Waals surface area contributed by atoms with Crippen LogP contribution in [0.5, 0.6) is 0 Å². The number of nitrogens with one attached hydrogen (secondary N) is 1. The molecule has 1 aromatic rings. The highest BCUT2D eigenvalue weighted by Gasteiger charge is 2.28. The Labute approximate surface area is 121 Å². The van der Waals surface area contributed by atoms with Crippen molar-refractivity contribution in [3.63, 3.8) is 0 Å². The number of hydrogen-bond donors (Lipinski definition) is 1. The highest BCUT2D eigenvalue weighted by atomic mass is 32.1. The lowest BCUT2D eigenvalue weighted by Gasteiger charge is -2.28. The number of aromatic nitrogens is 1. The highest BCUT2D eigenvalue weighted by Crippen LogP contribution is 2.38. The van der Waals surface area contributed by atoms with Crippen LogP contribution in [0.25, 0.3) is 0 Å². The number of carbonyl (C=O) groups is 1. The van der Waals surface area contributed by atoms with Crippen molar-refractivity contribution in [3.8, 4) is 0 Å². The van der Waals surface area contributed by atoms with Gasteiger partial charge in [-0.1, -0.05) is 41.5 Å². The Morgan fingerprint density at radius 3 is 2.37 bits per heavy atom. The zero-order chi connectivity index (χ0) is 15.1. The molecule has 110 valence electrons. The van der Waals surface area contributed by atoms with Gasteiger partial charge in [0.1, 0.15) is 0 Å². The predicted molar refractivity (Wildman–Crippen MR) is 84.9 cm³/mol. The molecule has 1 aliphatic rings. The van der Waals surface area contributed by atoms with E-state index >= 15 is 0 Å². The van der Waals surface area contributed by atoms with Crippen molar-refractivity contribution >= 4 is 22.4 Å². The van der Waals surface area contributed by atoms with Gasteiger partial charge in [0.05, 0.1) is 5.69 Å². The summed E-state index contributed by atoms with van der Waals surface area (Å²) in [5.41, 5.74) is 1.57. The molecule has 1 aliphatic carbocycles. The van der Waals surface area contributed by atoms with Gasteiger partial charge in [-0.25, -0.2) is 4.98 Å². The van der Waals surface area contributed by atoms with Gasteiger partial charge in [0, 0.05) is 11.8 Å². The summed E-state index contributed by atoms with van der Waals surface area (Å²) < 4.78 is 0. The predicted octanol–water partition coefficient (Wildman–Crippen LogP) is 4.67. The van der Waals surface area contributed by atoms with Gasteiger partial charge in [-0.15, -0.1) is 11.3 Å². The van der Waals surface area contributed by atoms with Crippen LogP contribution in [0, 0.1) is 5.41 Å². The minimum absolute atomic E-state index is 0.0413. The summed E-state index contributed by atoms with van der Waals surface area (Å²) in [7, 11) is 0. The lowest BCUT2D eigenvalue weighted by molar-refractivity contribution is -0.114. The average molecular weight is 284 g/mol. The molecule has 4 heteroatoms. The Bertz CT molecular complexity index is 397. The number of thiazole rings is 1. The normalized spacial score (nSPS) is 15.1. The molecule has 0 radical (unpaired) electrons. The van der Waals surface area contributed by atoms with Crippen molar-refractivity contribution in [2.75, 3.05) is 5.32 Å². The molecule has 0 bridgehead atoms. The van der Waals surface area contributed by atoms with Gasteiger partial charge in [-0.2, -0.15) is 0 Å². The summed E-state index contributed by atoms with van der Waals surface area (Å²) in [4.78, 5) is 16.7. The number of carbonyl (C=O) groups excluding carboxylic acids is 1. The second-order valence-electron chi connectivity index (χ2n) is 4.91. The van der Waals surface area contributed by atoms with E-state index in [-0.39, 0.29) is 5.91 Å². The van der Waals surface area contributed by atoms with Gasteiger partial charge >= 0.3 is 0 Å². The second kappa shape index (κ2) is 8.31. The Balaban J connectivity index is 0.000000741. The maximum atomic E-state index is 10.9. The smallest absolute Gasteiger partial charge is 0.223 e. The van der Waals surface area contributed by atoms with E-state index < -0.39 is 0 Å². The molecule has 0 spiro atoms. The number of rotatable bonds is 1. The highest BCUT2D eigenvalue weighted by molar-refractivity contribution is 7.15. The Morgan fingerprint density at radius 2 is 1.84 bits per heavy atom. The topological polar surface area (TPSA) is 42.0 Å². The van der Waals surface area contributed by atoms with Crippen molar-refractivity contribution < 1.29 is 4.79 Å². The second-order valence-corrected chi connectivity index (χ2v) is 5.99. The van der Waals surface area contributed by atoms with Gasteiger partial charge in [0.25, 0.3) is 0 Å². The van der Waals surface area contributed by atoms with E-state index in [1.54, 1.807) is 11.3 Å². The third kappa shape index (κ3) is 5.72. The van der Waals surface area contributed by atoms with Crippen LogP contribution in [0.3, 0.4) is 0 Å². The fraction of sp³-hybridized carbons (Fsp3) is 0.733. The number of amides is 1. The van der Waals surface area contributed by atoms with E-state index in [2.05, 4.69) is 24.1 Å². The molecule has 0 saturated carbocycles. The minimum atomic E-state index is -0.0413. The van der Waals surface area contributed by atoms with Gasteiger partial charge < -0.3 is 5.32 Å². The maximum absolute atomic E-state index is 10.9. The van der Waals surface area contributed by atoms with E-state index in [0.717, 1.165) is 18.0 Å². The number of fused-ring (bicyclic) bond motifs is 1. The van der Waals surface area contributed by atoms with Crippen molar-refractivity contribution in [2.24, 2.45) is 5.41 Å². The van der Waals surface area contributed by atoms with E-state index in [1.807, 2.05) is 27.7 Å². The molecular weight excluding hydrogens is 256 g/mol. The Morgan fingerprint density at radius 1 is 1.26 bits per heavy atom. The van der Waals surface area contributed by atoms with Crippen LogP contribution >= 0.6 is 11.3 Å². The van der Waals surface area contributed by atoms with Crippen LogP contribution < -0.4 is 5.32 Å². The summed E-state index contributed by atoms with van der Waals surface area (Å²) in [6.45, 7) is 14.1. The summed E-state index contributed by atoms with van der Waals surface area (Å²) in [6, 6.07) is 0. The lowest BCUT2D eigenvalue weighted by Crippen LogP contribution is -2.20. The standard InChI is InChI=1S/C11H16N2OS.2C2H6/c1-7(14)12-10-13-8-4-5-11(2,3)6-9(8)15-10;2*1-2/h4-6H2,1-3H3,(H,12,13,14);2*1-2H3. The van der Waals surface area contributed by atoms with Gasteiger partial charge in [-0.3, -0.25) is 4.79 Å². The number of anilines is 1. The molecule has 3 nitrogen and oxygen atoms in total. The number of aryl methyl sites for hydroxylation is 1. The molecule has 0 unspecified atom stereocenters. The SMILES string of the molecule is CC.CC.CC(=O)Nc1nc2c(s1)CC(C)(C)CC2. The molecule has 0 aromatic carbocycles. The first-order valence-corrected chi connectivity index (χ1v) is 8.04. The first-order valence-electron chi connectivity index (χ1n) is 7.22. The van der Waals surface area contributed by atoms with Gasteiger partial charge in [0.15, 0.2) is 5.13 Å².